The number of allylic oxidation sites excluding steroid dienone is 2. The molecule has 1 aliphatic rings. The molecule has 1 aliphatic carbocycles. The van der Waals surface area contributed by atoms with E-state index < -0.39 is 23.3 Å². The highest BCUT2D eigenvalue weighted by Gasteiger charge is 2.53. The van der Waals surface area contributed by atoms with Crippen molar-refractivity contribution in [2.24, 2.45) is 22.7 Å². The summed E-state index contributed by atoms with van der Waals surface area (Å²) in [5, 5.41) is 0. The Bertz CT molecular complexity index is 422. The van der Waals surface area contributed by atoms with Gasteiger partial charge in [0.15, 0.2) is 5.92 Å². The molecule has 21 heavy (non-hydrogen) atoms. The second kappa shape index (κ2) is 6.46. The molecule has 1 rings (SSSR count). The van der Waals surface area contributed by atoms with Crippen LogP contribution in [0, 0.1) is 22.7 Å². The summed E-state index contributed by atoms with van der Waals surface area (Å²) < 4.78 is 9.63. The zero-order valence-corrected chi connectivity index (χ0v) is 13.5. The molecule has 0 N–H and O–H groups in total. The molecule has 1 fully saturated rings. The van der Waals surface area contributed by atoms with Crippen molar-refractivity contribution in [1.82, 2.24) is 0 Å². The molecular weight excluding hydrogens is 268 g/mol. The maximum absolute atomic E-state index is 12.1. The second-order valence-electron chi connectivity index (χ2n) is 6.38. The molecule has 0 bridgehead atoms. The van der Waals surface area contributed by atoms with Crippen LogP contribution in [0.3, 0.4) is 0 Å². The van der Waals surface area contributed by atoms with E-state index in [2.05, 4.69) is 27.0 Å². The Morgan fingerprint density at radius 3 is 2.14 bits per heavy atom. The summed E-state index contributed by atoms with van der Waals surface area (Å²) in [5.41, 5.74) is -0.660. The van der Waals surface area contributed by atoms with Gasteiger partial charge in [0.2, 0.25) is 0 Å². The molecule has 0 saturated heterocycles. The van der Waals surface area contributed by atoms with E-state index in [4.69, 9.17) is 9.47 Å². The van der Waals surface area contributed by atoms with Crippen molar-refractivity contribution in [1.29, 1.82) is 0 Å². The summed E-state index contributed by atoms with van der Waals surface area (Å²) in [6, 6.07) is 0. The van der Waals surface area contributed by atoms with E-state index in [1.165, 1.54) is 14.2 Å². The van der Waals surface area contributed by atoms with Crippen LogP contribution in [0.15, 0.2) is 25.3 Å². The third-order valence-electron chi connectivity index (χ3n) is 5.02. The largest absolute Gasteiger partial charge is 0.468 e. The quantitative estimate of drug-likeness (QED) is 0.429. The summed E-state index contributed by atoms with van der Waals surface area (Å²) >= 11 is 0. The lowest BCUT2D eigenvalue weighted by molar-refractivity contribution is -0.164. The first-order chi connectivity index (χ1) is 9.77. The van der Waals surface area contributed by atoms with Crippen molar-refractivity contribution in [3.63, 3.8) is 0 Å². The van der Waals surface area contributed by atoms with Crippen LogP contribution in [0.5, 0.6) is 0 Å². The first-order valence-corrected chi connectivity index (χ1v) is 7.21. The fourth-order valence-electron chi connectivity index (χ4n) is 3.27. The molecule has 4 heteroatoms. The SMILES string of the molecule is C=CC(C)(C)[C@H]1CC[C@@](C=C)(C(C(=O)OC)C(=O)OC)C1. The molecule has 0 aromatic heterocycles. The van der Waals surface area contributed by atoms with Crippen molar-refractivity contribution in [2.45, 2.75) is 33.1 Å². The van der Waals surface area contributed by atoms with Gasteiger partial charge in [0.1, 0.15) is 0 Å². The maximum atomic E-state index is 12.1. The van der Waals surface area contributed by atoms with Gasteiger partial charge in [0.05, 0.1) is 14.2 Å². The Balaban J connectivity index is 3.15. The predicted octanol–water partition coefficient (Wildman–Crippen LogP) is 3.13. The van der Waals surface area contributed by atoms with Crippen LogP contribution in [0.4, 0.5) is 0 Å². The normalized spacial score (nSPS) is 25.5. The van der Waals surface area contributed by atoms with E-state index in [1.807, 2.05) is 6.08 Å². The van der Waals surface area contributed by atoms with Crippen LogP contribution in [0.25, 0.3) is 0 Å². The molecule has 4 nitrogen and oxygen atoms in total. The van der Waals surface area contributed by atoms with Gasteiger partial charge in [-0.1, -0.05) is 26.0 Å². The van der Waals surface area contributed by atoms with Gasteiger partial charge in [-0.05, 0) is 30.6 Å². The number of carbonyl (C=O) groups is 2. The summed E-state index contributed by atoms with van der Waals surface area (Å²) in [7, 11) is 2.57. The van der Waals surface area contributed by atoms with Gasteiger partial charge in [-0.3, -0.25) is 9.59 Å². The highest BCUT2D eigenvalue weighted by Crippen LogP contribution is 2.54. The number of methoxy groups -OCH3 is 2. The number of hydrogen-bond donors (Lipinski definition) is 0. The third-order valence-corrected chi connectivity index (χ3v) is 5.02. The van der Waals surface area contributed by atoms with Gasteiger partial charge in [0, 0.05) is 5.41 Å². The van der Waals surface area contributed by atoms with Gasteiger partial charge < -0.3 is 9.47 Å². The maximum Gasteiger partial charge on any atom is 0.320 e. The molecule has 0 heterocycles. The molecule has 0 aliphatic heterocycles. The Kier molecular flexibility index (Phi) is 5.37. The second-order valence-corrected chi connectivity index (χ2v) is 6.38. The molecule has 118 valence electrons. The highest BCUT2D eigenvalue weighted by molar-refractivity contribution is 5.96. The van der Waals surface area contributed by atoms with Crippen molar-refractivity contribution in [2.75, 3.05) is 14.2 Å². The number of carbonyl (C=O) groups excluding carboxylic acids is 2. The molecule has 2 atom stereocenters. The van der Waals surface area contributed by atoms with E-state index in [-0.39, 0.29) is 5.41 Å². The monoisotopic (exact) mass is 294 g/mol. The molecule has 0 spiro atoms. The molecule has 0 unspecified atom stereocenters. The highest BCUT2D eigenvalue weighted by atomic mass is 16.5. The molecule has 0 radical (unpaired) electrons. The topological polar surface area (TPSA) is 52.6 Å². The Labute approximate surface area is 127 Å². The zero-order valence-electron chi connectivity index (χ0n) is 13.5. The first kappa shape index (κ1) is 17.5. The Hall–Kier alpha value is -1.58. The summed E-state index contributed by atoms with van der Waals surface area (Å²) in [4.78, 5) is 24.2. The minimum Gasteiger partial charge on any atom is -0.468 e. The van der Waals surface area contributed by atoms with E-state index in [9.17, 15) is 9.59 Å². The molecule has 0 aromatic rings. The zero-order chi connectivity index (χ0) is 16.3. The minimum absolute atomic E-state index is 0.0540. The van der Waals surface area contributed by atoms with Gasteiger partial charge in [0.25, 0.3) is 0 Å². The van der Waals surface area contributed by atoms with Gasteiger partial charge in [-0.2, -0.15) is 0 Å². The van der Waals surface area contributed by atoms with E-state index >= 15 is 0 Å². The van der Waals surface area contributed by atoms with Gasteiger partial charge in [-0.25, -0.2) is 0 Å². The third kappa shape index (κ3) is 3.20. The van der Waals surface area contributed by atoms with Crippen LogP contribution in [-0.2, 0) is 19.1 Å². The minimum atomic E-state index is -0.949. The van der Waals surface area contributed by atoms with Crippen molar-refractivity contribution in [3.05, 3.63) is 25.3 Å². The molecule has 0 aromatic carbocycles. The molecular formula is C17H26O4. The van der Waals surface area contributed by atoms with Crippen molar-refractivity contribution >= 4 is 11.9 Å². The summed E-state index contributed by atoms with van der Waals surface area (Å²) in [6.07, 6.45) is 5.99. The lowest BCUT2D eigenvalue weighted by Crippen LogP contribution is -2.40. The smallest absolute Gasteiger partial charge is 0.320 e. The van der Waals surface area contributed by atoms with Gasteiger partial charge in [-0.15, -0.1) is 13.2 Å². The predicted molar refractivity (Wildman–Crippen MR) is 81.5 cm³/mol. The van der Waals surface area contributed by atoms with Crippen LogP contribution < -0.4 is 0 Å². The average molecular weight is 294 g/mol. The fourth-order valence-corrected chi connectivity index (χ4v) is 3.27. The molecule has 1 saturated carbocycles. The van der Waals surface area contributed by atoms with E-state index in [0.29, 0.717) is 18.8 Å². The lowest BCUT2D eigenvalue weighted by Gasteiger charge is -2.34. The van der Waals surface area contributed by atoms with Crippen LogP contribution >= 0.6 is 0 Å². The number of ether oxygens (including phenoxy) is 2. The number of rotatable bonds is 6. The summed E-state index contributed by atoms with van der Waals surface area (Å²) in [6.45, 7) is 12.0. The number of esters is 2. The van der Waals surface area contributed by atoms with Crippen LogP contribution in [0.1, 0.15) is 33.1 Å². The Morgan fingerprint density at radius 2 is 1.76 bits per heavy atom. The fraction of sp³-hybridized carbons (Fsp3) is 0.647. The van der Waals surface area contributed by atoms with Crippen LogP contribution in [-0.4, -0.2) is 26.2 Å². The van der Waals surface area contributed by atoms with E-state index in [0.717, 1.165) is 6.42 Å². The molecule has 0 amide bonds. The lowest BCUT2D eigenvalue weighted by atomic mass is 9.70. The average Bonchev–Trinajstić information content (AvgIpc) is 2.93. The van der Waals surface area contributed by atoms with Crippen LogP contribution in [0.2, 0.25) is 0 Å². The summed E-state index contributed by atoms with van der Waals surface area (Å²) in [5.74, 6) is -1.72. The van der Waals surface area contributed by atoms with E-state index in [1.54, 1.807) is 6.08 Å². The standard InChI is InChI=1S/C17H26O4/c1-7-16(3,4)12-9-10-17(8-2,11-12)13(14(18)20-5)15(19)21-6/h7-8,12-13H,1-2,9-11H2,3-6H3/t12-,17+/m0/s1. The number of hydrogen-bond acceptors (Lipinski definition) is 4. The Morgan fingerprint density at radius 1 is 1.24 bits per heavy atom. The van der Waals surface area contributed by atoms with Gasteiger partial charge >= 0.3 is 11.9 Å². The van der Waals surface area contributed by atoms with Crippen molar-refractivity contribution < 1.29 is 19.1 Å². The van der Waals surface area contributed by atoms with Crippen molar-refractivity contribution in [3.8, 4) is 0 Å². The first-order valence-electron chi connectivity index (χ1n) is 7.21.